The van der Waals surface area contributed by atoms with Crippen LogP contribution in [-0.4, -0.2) is 24.1 Å². The Morgan fingerprint density at radius 2 is 1.66 bits per heavy atom. The molecule has 0 aromatic rings. The summed E-state index contributed by atoms with van der Waals surface area (Å²) in [5.74, 6) is 4.45. The van der Waals surface area contributed by atoms with Gasteiger partial charge in [-0.2, -0.15) is 0 Å². The molecule has 0 aromatic heterocycles. The third-order valence-electron chi connectivity index (χ3n) is 11.5. The van der Waals surface area contributed by atoms with Gasteiger partial charge in [-0.1, -0.05) is 65.5 Å². The summed E-state index contributed by atoms with van der Waals surface area (Å²) in [7, 11) is 0. The van der Waals surface area contributed by atoms with Gasteiger partial charge in [0, 0.05) is 6.42 Å². The third kappa shape index (κ3) is 6.20. The van der Waals surface area contributed by atoms with E-state index in [1.807, 2.05) is 13.8 Å². The molecule has 0 aromatic carbocycles. The molecule has 4 heteroatoms. The molecule has 0 bridgehead atoms. The molecular formula is C34H56O4. The highest BCUT2D eigenvalue weighted by atomic mass is 16.5. The Morgan fingerprint density at radius 1 is 0.921 bits per heavy atom. The van der Waals surface area contributed by atoms with Crippen LogP contribution in [0.5, 0.6) is 0 Å². The van der Waals surface area contributed by atoms with E-state index in [-0.39, 0.29) is 42.4 Å². The Bertz CT molecular complexity index is 874. The van der Waals surface area contributed by atoms with Gasteiger partial charge in [0.2, 0.25) is 0 Å². The van der Waals surface area contributed by atoms with Gasteiger partial charge < -0.3 is 9.47 Å². The molecule has 4 aliphatic rings. The minimum Gasteiger partial charge on any atom is -0.463 e. The van der Waals surface area contributed by atoms with Crippen molar-refractivity contribution in [1.29, 1.82) is 0 Å². The predicted molar refractivity (Wildman–Crippen MR) is 153 cm³/mol. The second kappa shape index (κ2) is 12.0. The molecule has 38 heavy (non-hydrogen) atoms. The zero-order chi connectivity index (χ0) is 27.7. The molecule has 0 unspecified atom stereocenters. The summed E-state index contributed by atoms with van der Waals surface area (Å²) in [6.45, 7) is 16.1. The van der Waals surface area contributed by atoms with Crippen LogP contribution in [0.15, 0.2) is 11.6 Å². The monoisotopic (exact) mass is 528 g/mol. The van der Waals surface area contributed by atoms with Gasteiger partial charge in [0.15, 0.2) is 0 Å². The predicted octanol–water partition coefficient (Wildman–Crippen LogP) is 8.67. The van der Waals surface area contributed by atoms with Crippen LogP contribution in [0.4, 0.5) is 0 Å². The van der Waals surface area contributed by atoms with Crippen molar-refractivity contribution in [2.75, 3.05) is 0 Å². The largest absolute Gasteiger partial charge is 0.463 e. The fourth-order valence-electron chi connectivity index (χ4n) is 9.52. The third-order valence-corrected chi connectivity index (χ3v) is 11.5. The average molecular weight is 529 g/mol. The number of rotatable bonds is 10. The molecule has 0 N–H and O–H groups in total. The maximum absolute atomic E-state index is 12.5. The number of hydrogen-bond acceptors (Lipinski definition) is 4. The summed E-state index contributed by atoms with van der Waals surface area (Å²) in [4.78, 5) is 24.3. The highest BCUT2D eigenvalue weighted by molar-refractivity contribution is 5.77. The van der Waals surface area contributed by atoms with E-state index < -0.39 is 0 Å². The standard InChI is InChI=1S/C34H56O4/c1-22(2)9-8-10-24(5)28-13-14-29-27-12-11-25-21-26(38-32(36)16-15-31(35)37-23(3)4)17-19-33(25,6)30(27)18-20-34(28,29)7/h11,22-24,26-30H,8-10,12-21H2,1-7H3/t24-,26+,27+,28-,29+,30+,33+,34-/m1/s1. The van der Waals surface area contributed by atoms with Gasteiger partial charge in [-0.05, 0) is 105 Å². The van der Waals surface area contributed by atoms with Crippen molar-refractivity contribution < 1.29 is 19.1 Å². The van der Waals surface area contributed by atoms with Gasteiger partial charge in [0.25, 0.3) is 0 Å². The van der Waals surface area contributed by atoms with Gasteiger partial charge in [0.1, 0.15) is 6.10 Å². The fraction of sp³-hybridized carbons (Fsp3) is 0.882. The van der Waals surface area contributed by atoms with Gasteiger partial charge in [-0.3, -0.25) is 9.59 Å². The minimum atomic E-state index is -0.322. The fourth-order valence-corrected chi connectivity index (χ4v) is 9.52. The first-order valence-electron chi connectivity index (χ1n) is 16.0. The quantitative estimate of drug-likeness (QED) is 0.210. The number of ether oxygens (including phenoxy) is 2. The molecule has 0 aliphatic heterocycles. The molecule has 3 fully saturated rings. The lowest BCUT2D eigenvalue weighted by Crippen LogP contribution is -2.51. The van der Waals surface area contributed by atoms with Crippen LogP contribution in [0, 0.1) is 46.3 Å². The zero-order valence-corrected chi connectivity index (χ0v) is 25.5. The molecule has 0 saturated heterocycles. The van der Waals surface area contributed by atoms with E-state index in [2.05, 4.69) is 40.7 Å². The lowest BCUT2D eigenvalue weighted by Gasteiger charge is -2.58. The topological polar surface area (TPSA) is 52.6 Å². The summed E-state index contributed by atoms with van der Waals surface area (Å²) >= 11 is 0. The smallest absolute Gasteiger partial charge is 0.306 e. The molecule has 0 heterocycles. The molecule has 3 saturated carbocycles. The van der Waals surface area contributed by atoms with Crippen LogP contribution in [0.1, 0.15) is 132 Å². The van der Waals surface area contributed by atoms with E-state index >= 15 is 0 Å². The van der Waals surface area contributed by atoms with Gasteiger partial charge in [-0.25, -0.2) is 0 Å². The summed E-state index contributed by atoms with van der Waals surface area (Å²) in [6, 6.07) is 0. The highest BCUT2D eigenvalue weighted by Gasteiger charge is 2.59. The highest BCUT2D eigenvalue weighted by Crippen LogP contribution is 2.67. The summed E-state index contributed by atoms with van der Waals surface area (Å²) in [5.41, 5.74) is 2.32. The average Bonchev–Trinajstić information content (AvgIpc) is 3.19. The van der Waals surface area contributed by atoms with Gasteiger partial charge in [0.05, 0.1) is 18.9 Å². The number of hydrogen-bond donors (Lipinski definition) is 0. The van der Waals surface area contributed by atoms with E-state index in [1.54, 1.807) is 5.57 Å². The van der Waals surface area contributed by atoms with E-state index in [1.165, 1.54) is 51.4 Å². The van der Waals surface area contributed by atoms with Crippen LogP contribution < -0.4 is 0 Å². The maximum atomic E-state index is 12.5. The Labute approximate surface area is 233 Å². The normalized spacial score (nSPS) is 37.2. The van der Waals surface area contributed by atoms with Crippen molar-refractivity contribution in [3.63, 3.8) is 0 Å². The molecule has 4 rings (SSSR count). The van der Waals surface area contributed by atoms with Crippen molar-refractivity contribution in [3.05, 3.63) is 11.6 Å². The van der Waals surface area contributed by atoms with Crippen molar-refractivity contribution in [2.24, 2.45) is 46.3 Å². The number of carbonyl (C=O) groups excluding carboxylic acids is 2. The van der Waals surface area contributed by atoms with Crippen LogP contribution in [0.25, 0.3) is 0 Å². The zero-order valence-electron chi connectivity index (χ0n) is 25.5. The van der Waals surface area contributed by atoms with Crippen LogP contribution in [-0.2, 0) is 19.1 Å². The number of allylic oxidation sites excluding steroid dienone is 1. The maximum Gasteiger partial charge on any atom is 0.306 e. The van der Waals surface area contributed by atoms with Crippen molar-refractivity contribution in [2.45, 2.75) is 144 Å². The Morgan fingerprint density at radius 3 is 2.37 bits per heavy atom. The van der Waals surface area contributed by atoms with Crippen molar-refractivity contribution >= 4 is 11.9 Å². The molecule has 0 spiro atoms. The first-order chi connectivity index (χ1) is 17.9. The molecular weight excluding hydrogens is 472 g/mol. The number of esters is 2. The molecule has 0 amide bonds. The second-order valence-corrected chi connectivity index (χ2v) is 14.7. The Balaban J connectivity index is 1.35. The van der Waals surface area contributed by atoms with Crippen LogP contribution >= 0.6 is 0 Å². The number of fused-ring (bicyclic) bond motifs is 5. The van der Waals surface area contributed by atoms with Crippen LogP contribution in [0.2, 0.25) is 0 Å². The summed E-state index contributed by atoms with van der Waals surface area (Å²) in [6.07, 6.45) is 16.5. The lowest BCUT2D eigenvalue weighted by atomic mass is 9.47. The molecule has 4 nitrogen and oxygen atoms in total. The molecule has 4 aliphatic carbocycles. The Kier molecular flexibility index (Phi) is 9.40. The van der Waals surface area contributed by atoms with Crippen LogP contribution in [0.3, 0.4) is 0 Å². The molecule has 8 atom stereocenters. The lowest BCUT2D eigenvalue weighted by molar-refractivity contribution is -0.156. The number of carbonyl (C=O) groups is 2. The van der Waals surface area contributed by atoms with Crippen molar-refractivity contribution in [3.8, 4) is 0 Å². The van der Waals surface area contributed by atoms with Gasteiger partial charge in [-0.15, -0.1) is 0 Å². The van der Waals surface area contributed by atoms with Gasteiger partial charge >= 0.3 is 11.9 Å². The SMILES string of the molecule is CC(C)CCC[C@@H](C)[C@H]1CC[C@H]2[C@@H]3CC=C4C[C@@H](OC(=O)CCC(=O)OC(C)C)CC[C@]4(C)[C@H]3CC[C@]12C. The minimum absolute atomic E-state index is 0.0455. The van der Waals surface area contributed by atoms with E-state index in [4.69, 9.17) is 9.47 Å². The first-order valence-corrected chi connectivity index (χ1v) is 16.0. The first kappa shape index (κ1) is 29.7. The van der Waals surface area contributed by atoms with E-state index in [9.17, 15) is 9.59 Å². The summed E-state index contributed by atoms with van der Waals surface area (Å²) in [5, 5.41) is 0. The van der Waals surface area contributed by atoms with Crippen molar-refractivity contribution in [1.82, 2.24) is 0 Å². The molecule has 0 radical (unpaired) electrons. The summed E-state index contributed by atoms with van der Waals surface area (Å²) < 4.78 is 11.0. The van der Waals surface area contributed by atoms with E-state index in [0.29, 0.717) is 5.41 Å². The molecule has 216 valence electrons. The Hall–Kier alpha value is -1.32. The van der Waals surface area contributed by atoms with E-state index in [0.717, 1.165) is 54.8 Å². The second-order valence-electron chi connectivity index (χ2n) is 14.7.